The largest absolute Gasteiger partial charge is 0.443 e. The van der Waals surface area contributed by atoms with E-state index in [9.17, 15) is 13.2 Å². The zero-order valence-corrected chi connectivity index (χ0v) is 12.6. The van der Waals surface area contributed by atoms with Gasteiger partial charge in [0.15, 0.2) is 5.01 Å². The molecule has 7 heteroatoms. The van der Waals surface area contributed by atoms with Gasteiger partial charge in [0, 0.05) is 16.6 Å². The minimum Gasteiger partial charge on any atom is -0.308 e. The summed E-state index contributed by atoms with van der Waals surface area (Å²) in [6, 6.07) is -0.193. The van der Waals surface area contributed by atoms with Crippen molar-refractivity contribution in [1.29, 1.82) is 0 Å². The van der Waals surface area contributed by atoms with Crippen molar-refractivity contribution in [2.24, 2.45) is 0 Å². The summed E-state index contributed by atoms with van der Waals surface area (Å²) >= 11 is 0.707. The van der Waals surface area contributed by atoms with E-state index in [-0.39, 0.29) is 11.6 Å². The molecule has 0 fully saturated rings. The Hall–Kier alpha value is -0.660. The molecule has 1 unspecified atom stereocenters. The molecule has 0 bridgehead atoms. The second kappa shape index (κ2) is 5.76. The number of thiazole rings is 1. The lowest BCUT2D eigenvalue weighted by atomic mass is 9.92. The van der Waals surface area contributed by atoms with Crippen LogP contribution in [0.2, 0.25) is 0 Å². The molecule has 0 aromatic carbocycles. The van der Waals surface area contributed by atoms with Gasteiger partial charge in [0.25, 0.3) is 0 Å². The number of nitrogens with one attached hydrogen (secondary N) is 1. The Morgan fingerprint density at radius 3 is 2.32 bits per heavy atom. The Bertz CT molecular complexity index is 413. The molecule has 0 radical (unpaired) electrons. The van der Waals surface area contributed by atoms with Gasteiger partial charge in [0.1, 0.15) is 0 Å². The molecule has 1 aromatic heterocycles. The summed E-state index contributed by atoms with van der Waals surface area (Å²) in [6.45, 7) is 6.60. The molecule has 0 aliphatic rings. The minimum absolute atomic E-state index is 0.193. The quantitative estimate of drug-likeness (QED) is 0.904. The van der Waals surface area contributed by atoms with Gasteiger partial charge in [-0.1, -0.05) is 6.92 Å². The highest BCUT2D eigenvalue weighted by Crippen LogP contribution is 2.38. The van der Waals surface area contributed by atoms with Crippen LogP contribution >= 0.6 is 11.3 Å². The highest BCUT2D eigenvalue weighted by molar-refractivity contribution is 7.11. The first-order chi connectivity index (χ1) is 8.60. The van der Waals surface area contributed by atoms with Crippen molar-refractivity contribution in [2.45, 2.75) is 38.5 Å². The molecule has 0 aliphatic carbocycles. The van der Waals surface area contributed by atoms with Gasteiger partial charge in [0.05, 0.1) is 6.04 Å². The highest BCUT2D eigenvalue weighted by Gasteiger charge is 2.38. The molecule has 0 saturated heterocycles. The average Bonchev–Trinajstić information content (AvgIpc) is 2.73. The van der Waals surface area contributed by atoms with Gasteiger partial charge in [-0.25, -0.2) is 4.98 Å². The molecule has 0 amide bonds. The lowest BCUT2D eigenvalue weighted by Gasteiger charge is -2.40. The summed E-state index contributed by atoms with van der Waals surface area (Å²) in [5, 5.41) is 2.45. The standard InChI is InChI=1S/C12H20F3N3S/c1-6-16-9(11(2,3)18(4)5)8-7-17-10(19-8)12(13,14)15/h7,9,16H,6H2,1-5H3. The first kappa shape index (κ1) is 16.4. The first-order valence-corrected chi connectivity index (χ1v) is 6.86. The van der Waals surface area contributed by atoms with Gasteiger partial charge in [-0.05, 0) is 34.5 Å². The van der Waals surface area contributed by atoms with Crippen molar-refractivity contribution in [2.75, 3.05) is 20.6 Å². The van der Waals surface area contributed by atoms with Gasteiger partial charge in [-0.2, -0.15) is 13.2 Å². The van der Waals surface area contributed by atoms with E-state index in [1.165, 1.54) is 6.20 Å². The van der Waals surface area contributed by atoms with Crippen molar-refractivity contribution in [1.82, 2.24) is 15.2 Å². The van der Waals surface area contributed by atoms with E-state index >= 15 is 0 Å². The smallest absolute Gasteiger partial charge is 0.308 e. The summed E-state index contributed by atoms with van der Waals surface area (Å²) in [7, 11) is 3.83. The Labute approximate surface area is 115 Å². The Kier molecular flexibility index (Phi) is 4.97. The summed E-state index contributed by atoms with van der Waals surface area (Å²) in [6.07, 6.45) is -3.05. The van der Waals surface area contributed by atoms with E-state index in [0.29, 0.717) is 22.8 Å². The number of rotatable bonds is 5. The van der Waals surface area contributed by atoms with Gasteiger partial charge in [0.2, 0.25) is 0 Å². The average molecular weight is 295 g/mol. The fourth-order valence-corrected chi connectivity index (χ4v) is 2.75. The zero-order valence-electron chi connectivity index (χ0n) is 11.8. The van der Waals surface area contributed by atoms with Crippen LogP contribution in [-0.4, -0.2) is 36.1 Å². The second-order valence-corrected chi connectivity index (χ2v) is 6.17. The van der Waals surface area contributed by atoms with E-state index < -0.39 is 11.2 Å². The number of hydrogen-bond acceptors (Lipinski definition) is 4. The van der Waals surface area contributed by atoms with E-state index in [4.69, 9.17) is 0 Å². The summed E-state index contributed by atoms with van der Waals surface area (Å²) in [5.74, 6) is 0. The molecule has 0 spiro atoms. The molecular formula is C12H20F3N3S. The van der Waals surface area contributed by atoms with Gasteiger partial charge < -0.3 is 10.2 Å². The highest BCUT2D eigenvalue weighted by atomic mass is 32.1. The Balaban J connectivity index is 3.10. The second-order valence-electron chi connectivity index (χ2n) is 5.10. The Morgan fingerprint density at radius 2 is 1.95 bits per heavy atom. The summed E-state index contributed by atoms with van der Waals surface area (Å²) in [4.78, 5) is 6.10. The molecule has 3 nitrogen and oxygen atoms in total. The predicted molar refractivity (Wildman–Crippen MR) is 71.3 cm³/mol. The minimum atomic E-state index is -4.37. The van der Waals surface area contributed by atoms with Crippen LogP contribution in [-0.2, 0) is 6.18 Å². The SMILES string of the molecule is CCNC(c1cnc(C(F)(F)F)s1)C(C)(C)N(C)C. The first-order valence-electron chi connectivity index (χ1n) is 6.04. The van der Waals surface area contributed by atoms with Crippen LogP contribution < -0.4 is 5.32 Å². The zero-order chi connectivity index (χ0) is 14.8. The maximum atomic E-state index is 12.6. The molecule has 1 heterocycles. The van der Waals surface area contributed by atoms with Crippen molar-refractivity contribution in [3.8, 4) is 0 Å². The monoisotopic (exact) mass is 295 g/mol. The molecule has 1 N–H and O–H groups in total. The number of aromatic nitrogens is 1. The van der Waals surface area contributed by atoms with E-state index in [0.717, 1.165) is 0 Å². The number of alkyl halides is 3. The number of halogens is 3. The normalized spacial score (nSPS) is 15.0. The third-order valence-electron chi connectivity index (χ3n) is 3.32. The van der Waals surface area contributed by atoms with Gasteiger partial charge in [-0.15, -0.1) is 11.3 Å². The fourth-order valence-electron chi connectivity index (χ4n) is 1.71. The molecule has 1 rings (SSSR count). The molecule has 19 heavy (non-hydrogen) atoms. The molecule has 1 aromatic rings. The molecule has 0 aliphatic heterocycles. The van der Waals surface area contributed by atoms with Crippen molar-refractivity contribution in [3.05, 3.63) is 16.1 Å². The maximum Gasteiger partial charge on any atom is 0.443 e. The van der Waals surface area contributed by atoms with Crippen LogP contribution in [0.15, 0.2) is 6.20 Å². The van der Waals surface area contributed by atoms with Gasteiger partial charge in [-0.3, -0.25) is 0 Å². The van der Waals surface area contributed by atoms with Crippen LogP contribution in [0.5, 0.6) is 0 Å². The topological polar surface area (TPSA) is 28.2 Å². The van der Waals surface area contributed by atoms with Crippen molar-refractivity contribution >= 4 is 11.3 Å². The predicted octanol–water partition coefficient (Wildman–Crippen LogP) is 3.15. The Morgan fingerprint density at radius 1 is 1.37 bits per heavy atom. The third kappa shape index (κ3) is 3.67. The molecule has 0 saturated carbocycles. The molecule has 110 valence electrons. The summed E-state index contributed by atoms with van der Waals surface area (Å²) < 4.78 is 37.9. The summed E-state index contributed by atoms with van der Waals surface area (Å²) in [5.41, 5.74) is -0.314. The van der Waals surface area contributed by atoms with Gasteiger partial charge >= 0.3 is 6.18 Å². The number of nitrogens with zero attached hydrogens (tertiary/aromatic N) is 2. The van der Waals surface area contributed by atoms with Crippen LogP contribution in [0.3, 0.4) is 0 Å². The van der Waals surface area contributed by atoms with E-state index in [1.54, 1.807) is 0 Å². The maximum absolute atomic E-state index is 12.6. The lowest BCUT2D eigenvalue weighted by molar-refractivity contribution is -0.137. The fraction of sp³-hybridized carbons (Fsp3) is 0.750. The van der Waals surface area contributed by atoms with Crippen LogP contribution in [0.1, 0.15) is 36.7 Å². The van der Waals surface area contributed by atoms with E-state index in [1.807, 2.05) is 39.8 Å². The number of likely N-dealkylation sites (N-methyl/N-ethyl adjacent to an activating group) is 2. The van der Waals surface area contributed by atoms with Crippen LogP contribution in [0, 0.1) is 0 Å². The molecule has 1 atom stereocenters. The third-order valence-corrected chi connectivity index (χ3v) is 4.42. The van der Waals surface area contributed by atoms with Crippen LogP contribution in [0.25, 0.3) is 0 Å². The van der Waals surface area contributed by atoms with Crippen LogP contribution in [0.4, 0.5) is 13.2 Å². The van der Waals surface area contributed by atoms with Crippen molar-refractivity contribution in [3.63, 3.8) is 0 Å². The molecular weight excluding hydrogens is 275 g/mol. The number of hydrogen-bond donors (Lipinski definition) is 1. The van der Waals surface area contributed by atoms with Crippen molar-refractivity contribution < 1.29 is 13.2 Å². The van der Waals surface area contributed by atoms with E-state index in [2.05, 4.69) is 10.3 Å². The lowest BCUT2D eigenvalue weighted by Crippen LogP contribution is -2.49.